The lowest BCUT2D eigenvalue weighted by molar-refractivity contribution is 0.249. The van der Waals surface area contributed by atoms with Gasteiger partial charge >= 0.3 is 6.03 Å². The van der Waals surface area contributed by atoms with Crippen LogP contribution in [0.15, 0.2) is 30.3 Å². The maximum absolute atomic E-state index is 11.6. The van der Waals surface area contributed by atoms with Crippen LogP contribution >= 0.6 is 11.6 Å². The molecule has 0 unspecified atom stereocenters. The predicted molar refractivity (Wildman–Crippen MR) is 70.7 cm³/mol. The summed E-state index contributed by atoms with van der Waals surface area (Å²) >= 11 is 5.89. The third-order valence-corrected chi connectivity index (χ3v) is 5.01. The fourth-order valence-electron chi connectivity index (χ4n) is 1.79. The van der Waals surface area contributed by atoms with Crippen molar-refractivity contribution in [1.29, 1.82) is 0 Å². The zero-order valence-electron chi connectivity index (χ0n) is 9.47. The zero-order chi connectivity index (χ0) is 13.2. The molecule has 1 aliphatic rings. The Balaban J connectivity index is 1.93. The highest BCUT2D eigenvalue weighted by molar-refractivity contribution is 7.91. The highest BCUT2D eigenvalue weighted by Crippen LogP contribution is 2.18. The molecule has 0 aromatic heterocycles. The van der Waals surface area contributed by atoms with Gasteiger partial charge in [0.25, 0.3) is 0 Å². The molecular weight excluding hydrogens is 276 g/mol. The molecule has 2 atom stereocenters. The Hall–Kier alpha value is -1.27. The van der Waals surface area contributed by atoms with Crippen LogP contribution in [0, 0.1) is 0 Å². The molecule has 0 aliphatic carbocycles. The molecule has 1 aromatic rings. The second-order valence-electron chi connectivity index (χ2n) is 4.16. The van der Waals surface area contributed by atoms with Crippen molar-refractivity contribution in [3.05, 3.63) is 30.3 Å². The van der Waals surface area contributed by atoms with Gasteiger partial charge in [-0.2, -0.15) is 0 Å². The van der Waals surface area contributed by atoms with Crippen LogP contribution < -0.4 is 10.6 Å². The molecule has 0 bridgehead atoms. The van der Waals surface area contributed by atoms with Crippen LogP contribution in [-0.2, 0) is 9.84 Å². The minimum atomic E-state index is -3.14. The van der Waals surface area contributed by atoms with E-state index in [2.05, 4.69) is 10.6 Å². The fraction of sp³-hybridized carbons (Fsp3) is 0.364. The molecule has 0 radical (unpaired) electrons. The van der Waals surface area contributed by atoms with Crippen molar-refractivity contribution >= 4 is 33.2 Å². The van der Waals surface area contributed by atoms with Gasteiger partial charge in [-0.25, -0.2) is 13.2 Å². The molecule has 1 aliphatic heterocycles. The lowest BCUT2D eigenvalue weighted by Gasteiger charge is -2.14. The van der Waals surface area contributed by atoms with Crippen LogP contribution in [0.4, 0.5) is 10.5 Å². The normalized spacial score (nSPS) is 25.6. The second kappa shape index (κ2) is 5.16. The number of carbonyl (C=O) groups is 1. The molecule has 7 heteroatoms. The minimum absolute atomic E-state index is 0.0924. The molecule has 0 saturated carbocycles. The molecule has 2 amide bonds. The number of alkyl halides is 1. The van der Waals surface area contributed by atoms with Crippen molar-refractivity contribution in [2.75, 3.05) is 16.8 Å². The first-order valence-corrected chi connectivity index (χ1v) is 7.69. The van der Waals surface area contributed by atoms with Gasteiger partial charge in [0.05, 0.1) is 22.9 Å². The van der Waals surface area contributed by atoms with Gasteiger partial charge in [-0.15, -0.1) is 11.6 Å². The SMILES string of the molecule is O=C(Nc1ccccc1)N[C@H]1CS(=O)(=O)C[C@H]1Cl. The van der Waals surface area contributed by atoms with E-state index in [1.165, 1.54) is 0 Å². The summed E-state index contributed by atoms with van der Waals surface area (Å²) in [6, 6.07) is 7.91. The molecule has 98 valence electrons. The van der Waals surface area contributed by atoms with E-state index in [9.17, 15) is 13.2 Å². The van der Waals surface area contributed by atoms with Gasteiger partial charge < -0.3 is 10.6 Å². The number of para-hydroxylation sites is 1. The molecule has 0 spiro atoms. The van der Waals surface area contributed by atoms with Crippen LogP contribution in [0.2, 0.25) is 0 Å². The van der Waals surface area contributed by atoms with Crippen LogP contribution in [0.25, 0.3) is 0 Å². The Morgan fingerprint density at radius 2 is 1.89 bits per heavy atom. The summed E-state index contributed by atoms with van der Waals surface area (Å²) in [5, 5.41) is 4.61. The predicted octanol–water partition coefficient (Wildman–Crippen LogP) is 1.21. The third-order valence-electron chi connectivity index (χ3n) is 2.63. The highest BCUT2D eigenvalue weighted by Gasteiger charge is 2.37. The summed E-state index contributed by atoms with van der Waals surface area (Å²) < 4.78 is 22.7. The van der Waals surface area contributed by atoms with Crippen molar-refractivity contribution in [1.82, 2.24) is 5.32 Å². The smallest absolute Gasteiger partial charge is 0.319 e. The van der Waals surface area contributed by atoms with E-state index >= 15 is 0 Å². The number of benzene rings is 1. The maximum Gasteiger partial charge on any atom is 0.319 e. The van der Waals surface area contributed by atoms with Gasteiger partial charge in [-0.3, -0.25) is 0 Å². The van der Waals surface area contributed by atoms with Crippen molar-refractivity contribution in [2.24, 2.45) is 0 Å². The quantitative estimate of drug-likeness (QED) is 0.803. The summed E-state index contributed by atoms with van der Waals surface area (Å²) in [5.74, 6) is -0.200. The summed E-state index contributed by atoms with van der Waals surface area (Å²) in [6.45, 7) is 0. The molecule has 2 rings (SSSR count). The minimum Gasteiger partial charge on any atom is -0.333 e. The Bertz CT molecular complexity index is 532. The van der Waals surface area contributed by atoms with E-state index in [0.29, 0.717) is 5.69 Å². The average molecular weight is 289 g/mol. The van der Waals surface area contributed by atoms with E-state index in [-0.39, 0.29) is 11.5 Å². The van der Waals surface area contributed by atoms with Crippen molar-refractivity contribution in [3.63, 3.8) is 0 Å². The summed E-state index contributed by atoms with van der Waals surface area (Å²) in [5.41, 5.74) is 0.641. The average Bonchev–Trinajstić information content (AvgIpc) is 2.53. The molecule has 2 N–H and O–H groups in total. The second-order valence-corrected chi connectivity index (χ2v) is 6.88. The van der Waals surface area contributed by atoms with E-state index in [1.807, 2.05) is 6.07 Å². The van der Waals surface area contributed by atoms with Crippen molar-refractivity contribution < 1.29 is 13.2 Å². The number of carbonyl (C=O) groups excluding carboxylic acids is 1. The number of sulfone groups is 1. The summed E-state index contributed by atoms with van der Waals surface area (Å²) in [7, 11) is -3.14. The standard InChI is InChI=1S/C11H13ClN2O3S/c12-9-6-18(16,17)7-10(9)14-11(15)13-8-4-2-1-3-5-8/h1-5,9-10H,6-7H2,(H2,13,14,15)/t9-,10+/m1/s1. The summed E-state index contributed by atoms with van der Waals surface area (Å²) in [4.78, 5) is 11.6. The third kappa shape index (κ3) is 3.36. The topological polar surface area (TPSA) is 75.3 Å². The molecule has 1 fully saturated rings. The van der Waals surface area contributed by atoms with Crippen LogP contribution in [-0.4, -0.2) is 37.4 Å². The number of amides is 2. The Kier molecular flexibility index (Phi) is 3.77. The van der Waals surface area contributed by atoms with Gasteiger partial charge in [0.2, 0.25) is 0 Å². The first-order valence-electron chi connectivity index (χ1n) is 5.43. The van der Waals surface area contributed by atoms with Gasteiger partial charge in [0.15, 0.2) is 9.84 Å². The van der Waals surface area contributed by atoms with E-state index in [1.54, 1.807) is 24.3 Å². The lowest BCUT2D eigenvalue weighted by Crippen LogP contribution is -2.42. The Morgan fingerprint density at radius 1 is 1.22 bits per heavy atom. The number of halogens is 1. The monoisotopic (exact) mass is 288 g/mol. The molecule has 1 saturated heterocycles. The van der Waals surface area contributed by atoms with E-state index < -0.39 is 27.3 Å². The number of nitrogens with one attached hydrogen (secondary N) is 2. The van der Waals surface area contributed by atoms with Crippen LogP contribution in [0.3, 0.4) is 0 Å². The first kappa shape index (κ1) is 13.2. The molecule has 1 aromatic carbocycles. The zero-order valence-corrected chi connectivity index (χ0v) is 11.0. The van der Waals surface area contributed by atoms with Gasteiger partial charge in [-0.05, 0) is 12.1 Å². The fourth-order valence-corrected chi connectivity index (χ4v) is 4.34. The van der Waals surface area contributed by atoms with Crippen LogP contribution in [0.5, 0.6) is 0 Å². The first-order chi connectivity index (χ1) is 8.46. The van der Waals surface area contributed by atoms with E-state index in [4.69, 9.17) is 11.6 Å². The number of anilines is 1. The Morgan fingerprint density at radius 3 is 2.44 bits per heavy atom. The molecule has 18 heavy (non-hydrogen) atoms. The molecular formula is C11H13ClN2O3S. The summed E-state index contributed by atoms with van der Waals surface area (Å²) in [6.07, 6.45) is 0. The number of urea groups is 1. The number of hydrogen-bond donors (Lipinski definition) is 2. The van der Waals surface area contributed by atoms with Gasteiger partial charge in [0.1, 0.15) is 0 Å². The maximum atomic E-state index is 11.6. The highest BCUT2D eigenvalue weighted by atomic mass is 35.5. The molecule has 5 nitrogen and oxygen atoms in total. The molecule has 1 heterocycles. The Labute approximate surface area is 110 Å². The number of hydrogen-bond acceptors (Lipinski definition) is 3. The van der Waals surface area contributed by atoms with E-state index in [0.717, 1.165) is 0 Å². The largest absolute Gasteiger partial charge is 0.333 e. The van der Waals surface area contributed by atoms with Crippen molar-refractivity contribution in [2.45, 2.75) is 11.4 Å². The van der Waals surface area contributed by atoms with Crippen LogP contribution in [0.1, 0.15) is 0 Å². The van der Waals surface area contributed by atoms with Gasteiger partial charge in [0, 0.05) is 5.69 Å². The lowest BCUT2D eigenvalue weighted by atomic mass is 10.2. The number of rotatable bonds is 2. The van der Waals surface area contributed by atoms with Crippen molar-refractivity contribution in [3.8, 4) is 0 Å². The van der Waals surface area contributed by atoms with Gasteiger partial charge in [-0.1, -0.05) is 18.2 Å².